The number of alkyl halides is 3. The van der Waals surface area contributed by atoms with Crippen molar-refractivity contribution >= 4 is 23.4 Å². The quantitative estimate of drug-likeness (QED) is 0.605. The Balaban J connectivity index is 1.39. The molecule has 2 heterocycles. The zero-order chi connectivity index (χ0) is 25.4. The minimum absolute atomic E-state index is 0.214. The van der Waals surface area contributed by atoms with Gasteiger partial charge in [0.25, 0.3) is 5.91 Å². The average molecular weight is 498 g/mol. The Morgan fingerprint density at radius 2 is 1.67 bits per heavy atom. The van der Waals surface area contributed by atoms with Gasteiger partial charge < -0.3 is 4.90 Å². The van der Waals surface area contributed by atoms with Gasteiger partial charge in [0.15, 0.2) is 0 Å². The molecule has 0 saturated carbocycles. The standard InChI is InChI=1S/C27H26F3N3O3/c28-27(29,30)19-13-11-17(12-14-19)23-10-3-4-15-32(23)25(35)18-6-5-7-20(16-18)33-26(36)22-9-2-1-8-21(22)24(34)31-33/h1-2,5-7,11-14,16,21-23H,3-4,8-10,15H2,(H,31,34). The van der Waals surface area contributed by atoms with Crippen LogP contribution in [0, 0.1) is 11.8 Å². The number of fused-ring (bicyclic) bond motifs is 1. The second kappa shape index (κ2) is 9.44. The lowest BCUT2D eigenvalue weighted by Crippen LogP contribution is -2.59. The van der Waals surface area contributed by atoms with Crippen LogP contribution in [0.5, 0.6) is 0 Å². The first-order valence-electron chi connectivity index (χ1n) is 12.1. The molecule has 0 spiro atoms. The number of rotatable bonds is 3. The van der Waals surface area contributed by atoms with E-state index in [4.69, 9.17) is 0 Å². The minimum atomic E-state index is -4.42. The van der Waals surface area contributed by atoms with Crippen LogP contribution in [-0.4, -0.2) is 29.2 Å². The maximum Gasteiger partial charge on any atom is 0.416 e. The minimum Gasteiger partial charge on any atom is -0.332 e. The number of hydrogen-bond acceptors (Lipinski definition) is 3. The number of allylic oxidation sites excluding steroid dienone is 2. The first-order valence-corrected chi connectivity index (χ1v) is 12.1. The Morgan fingerprint density at radius 3 is 2.39 bits per heavy atom. The van der Waals surface area contributed by atoms with Crippen LogP contribution >= 0.6 is 0 Å². The number of nitrogens with zero attached hydrogens (tertiary/aromatic N) is 2. The number of carbonyl (C=O) groups is 3. The third-order valence-electron chi connectivity index (χ3n) is 7.27. The summed E-state index contributed by atoms with van der Waals surface area (Å²) in [6, 6.07) is 11.2. The van der Waals surface area contributed by atoms with E-state index in [2.05, 4.69) is 5.43 Å². The highest BCUT2D eigenvalue weighted by molar-refractivity contribution is 6.05. The fraction of sp³-hybridized carbons (Fsp3) is 0.370. The first kappa shape index (κ1) is 24.1. The molecule has 5 rings (SSSR count). The van der Waals surface area contributed by atoms with Gasteiger partial charge in [-0.25, -0.2) is 5.01 Å². The Hall–Kier alpha value is -3.62. The monoisotopic (exact) mass is 497 g/mol. The van der Waals surface area contributed by atoms with E-state index in [0.29, 0.717) is 42.6 Å². The lowest BCUT2D eigenvalue weighted by atomic mass is 9.80. The van der Waals surface area contributed by atoms with Gasteiger partial charge in [-0.3, -0.25) is 19.8 Å². The third-order valence-corrected chi connectivity index (χ3v) is 7.27. The summed E-state index contributed by atoms with van der Waals surface area (Å²) in [6.07, 6.45) is 2.72. The molecule has 188 valence electrons. The first-order chi connectivity index (χ1) is 17.2. The molecule has 2 aliphatic heterocycles. The number of likely N-dealkylation sites (tertiary alicyclic amines) is 1. The van der Waals surface area contributed by atoms with E-state index < -0.39 is 17.7 Å². The number of carbonyl (C=O) groups excluding carboxylic acids is 3. The molecule has 9 heteroatoms. The molecule has 2 fully saturated rings. The van der Waals surface area contributed by atoms with Gasteiger partial charge in [0.05, 0.1) is 29.1 Å². The van der Waals surface area contributed by atoms with E-state index in [0.717, 1.165) is 25.0 Å². The van der Waals surface area contributed by atoms with Gasteiger partial charge in [-0.15, -0.1) is 0 Å². The lowest BCUT2D eigenvalue weighted by molar-refractivity contribution is -0.140. The van der Waals surface area contributed by atoms with Gasteiger partial charge in [-0.2, -0.15) is 13.2 Å². The number of hydrogen-bond donors (Lipinski definition) is 1. The van der Waals surface area contributed by atoms with Crippen molar-refractivity contribution in [1.29, 1.82) is 0 Å². The summed E-state index contributed by atoms with van der Waals surface area (Å²) in [4.78, 5) is 41.0. The average Bonchev–Trinajstić information content (AvgIpc) is 2.90. The fourth-order valence-electron chi connectivity index (χ4n) is 5.34. The molecule has 3 amide bonds. The van der Waals surface area contributed by atoms with E-state index >= 15 is 0 Å². The van der Waals surface area contributed by atoms with Crippen LogP contribution in [0.2, 0.25) is 0 Å². The summed E-state index contributed by atoms with van der Waals surface area (Å²) in [5.74, 6) is -1.53. The van der Waals surface area contributed by atoms with Crippen LogP contribution in [0.1, 0.15) is 59.6 Å². The molecule has 2 aromatic rings. The van der Waals surface area contributed by atoms with Crippen molar-refractivity contribution in [2.45, 2.75) is 44.3 Å². The molecule has 1 aliphatic carbocycles. The highest BCUT2D eigenvalue weighted by Gasteiger charge is 2.42. The summed E-state index contributed by atoms with van der Waals surface area (Å²) in [7, 11) is 0. The van der Waals surface area contributed by atoms with Crippen molar-refractivity contribution in [2.24, 2.45) is 11.8 Å². The van der Waals surface area contributed by atoms with Crippen LogP contribution in [0.15, 0.2) is 60.7 Å². The summed E-state index contributed by atoms with van der Waals surface area (Å²) >= 11 is 0. The molecule has 36 heavy (non-hydrogen) atoms. The predicted molar refractivity (Wildman–Crippen MR) is 126 cm³/mol. The van der Waals surface area contributed by atoms with Gasteiger partial charge >= 0.3 is 6.18 Å². The maximum atomic E-state index is 13.6. The normalized spacial score (nSPS) is 24.4. The van der Waals surface area contributed by atoms with Crippen molar-refractivity contribution in [1.82, 2.24) is 10.3 Å². The zero-order valence-electron chi connectivity index (χ0n) is 19.5. The molecule has 3 unspecified atom stereocenters. The number of halogens is 3. The second-order valence-electron chi connectivity index (χ2n) is 9.49. The van der Waals surface area contributed by atoms with Gasteiger partial charge in [-0.05, 0) is 68.0 Å². The van der Waals surface area contributed by atoms with Crippen molar-refractivity contribution in [2.75, 3.05) is 11.6 Å². The predicted octanol–water partition coefficient (Wildman–Crippen LogP) is 5.03. The van der Waals surface area contributed by atoms with Gasteiger partial charge in [0.1, 0.15) is 0 Å². The summed E-state index contributed by atoms with van der Waals surface area (Å²) in [5, 5.41) is 1.23. The Labute approximate surface area is 206 Å². The van der Waals surface area contributed by atoms with E-state index in [-0.39, 0.29) is 29.7 Å². The second-order valence-corrected chi connectivity index (χ2v) is 9.49. The van der Waals surface area contributed by atoms with Crippen molar-refractivity contribution in [3.8, 4) is 0 Å². The van der Waals surface area contributed by atoms with Crippen LogP contribution in [0.3, 0.4) is 0 Å². The Morgan fingerprint density at radius 1 is 0.944 bits per heavy atom. The molecule has 3 atom stereocenters. The molecule has 3 aliphatic rings. The number of amides is 3. The molecule has 0 radical (unpaired) electrons. The number of hydrazine groups is 1. The largest absolute Gasteiger partial charge is 0.416 e. The number of benzene rings is 2. The van der Waals surface area contributed by atoms with Crippen LogP contribution < -0.4 is 10.4 Å². The zero-order valence-corrected chi connectivity index (χ0v) is 19.5. The highest BCUT2D eigenvalue weighted by atomic mass is 19.4. The SMILES string of the molecule is O=C1NN(c2cccc(C(=O)N3CCCCC3c3ccc(C(F)(F)F)cc3)c2)C(=O)C2CC=CCC12. The Kier molecular flexibility index (Phi) is 6.32. The summed E-state index contributed by atoms with van der Waals surface area (Å²) in [6.45, 7) is 0.476. The van der Waals surface area contributed by atoms with Gasteiger partial charge in [0, 0.05) is 12.1 Å². The maximum absolute atomic E-state index is 13.6. The van der Waals surface area contributed by atoms with E-state index in [9.17, 15) is 27.6 Å². The van der Waals surface area contributed by atoms with Gasteiger partial charge in [0.2, 0.25) is 11.8 Å². The van der Waals surface area contributed by atoms with E-state index in [1.165, 1.54) is 17.1 Å². The van der Waals surface area contributed by atoms with Gasteiger partial charge in [-0.1, -0.05) is 30.4 Å². The smallest absolute Gasteiger partial charge is 0.332 e. The molecular formula is C27H26F3N3O3. The fourth-order valence-corrected chi connectivity index (χ4v) is 5.34. The molecule has 1 N–H and O–H groups in total. The Bertz CT molecular complexity index is 1210. The summed E-state index contributed by atoms with van der Waals surface area (Å²) < 4.78 is 39.0. The molecule has 0 aromatic heterocycles. The highest BCUT2D eigenvalue weighted by Crippen LogP contribution is 2.36. The van der Waals surface area contributed by atoms with E-state index in [1.807, 2.05) is 12.2 Å². The summed E-state index contributed by atoms with van der Waals surface area (Å²) in [5.41, 5.74) is 3.35. The number of anilines is 1. The van der Waals surface area contributed by atoms with Crippen molar-refractivity contribution in [3.63, 3.8) is 0 Å². The lowest BCUT2D eigenvalue weighted by Gasteiger charge is -2.38. The number of nitrogens with one attached hydrogen (secondary N) is 1. The number of piperidine rings is 1. The molecule has 2 saturated heterocycles. The molecule has 2 aromatic carbocycles. The van der Waals surface area contributed by atoms with Crippen molar-refractivity contribution in [3.05, 3.63) is 77.4 Å². The van der Waals surface area contributed by atoms with Crippen LogP contribution in [-0.2, 0) is 15.8 Å². The van der Waals surface area contributed by atoms with Crippen molar-refractivity contribution < 1.29 is 27.6 Å². The topological polar surface area (TPSA) is 69.7 Å². The third kappa shape index (κ3) is 4.50. The van der Waals surface area contributed by atoms with Crippen LogP contribution in [0.25, 0.3) is 0 Å². The van der Waals surface area contributed by atoms with Crippen LogP contribution in [0.4, 0.5) is 18.9 Å². The molecule has 0 bridgehead atoms. The molecular weight excluding hydrogens is 471 g/mol. The molecule has 6 nitrogen and oxygen atoms in total. The van der Waals surface area contributed by atoms with E-state index in [1.54, 1.807) is 29.2 Å².